The molecule has 1 fully saturated rings. The molecule has 3 atom stereocenters. The van der Waals surface area contributed by atoms with Crippen LogP contribution in [0.4, 0.5) is 0 Å². The van der Waals surface area contributed by atoms with E-state index in [1.54, 1.807) is 0 Å². The summed E-state index contributed by atoms with van der Waals surface area (Å²) in [7, 11) is 0. The lowest BCUT2D eigenvalue weighted by molar-refractivity contribution is 0.0906. The summed E-state index contributed by atoms with van der Waals surface area (Å²) in [6, 6.07) is 0. The third kappa shape index (κ3) is 6.85. The van der Waals surface area contributed by atoms with Crippen molar-refractivity contribution in [1.29, 1.82) is 0 Å². The van der Waals surface area contributed by atoms with Crippen LogP contribution in [0, 0.1) is 23.2 Å². The second-order valence-corrected chi connectivity index (χ2v) is 9.43. The number of hydrogen-bond acceptors (Lipinski definition) is 3. The third-order valence-corrected chi connectivity index (χ3v) is 7.63. The Morgan fingerprint density at radius 3 is 1.64 bits per heavy atom. The fraction of sp³-hybridized carbons (Fsp3) is 0.920. The van der Waals surface area contributed by atoms with Gasteiger partial charge in [0.15, 0.2) is 0 Å². The minimum Gasteiger partial charge on any atom is -0.396 e. The zero-order chi connectivity index (χ0) is 20.1. The van der Waals surface area contributed by atoms with E-state index in [4.69, 9.17) is 15.3 Å². The molecule has 1 saturated carbocycles. The molecular formula is C25H46O3. The van der Waals surface area contributed by atoms with Gasteiger partial charge in [-0.25, -0.2) is 0 Å². The maximum Gasteiger partial charge on any atom is 0.0431 e. The minimum absolute atomic E-state index is 0.333. The van der Waals surface area contributed by atoms with Crippen molar-refractivity contribution < 1.29 is 15.3 Å². The summed E-state index contributed by atoms with van der Waals surface area (Å²) in [4.78, 5) is 0. The molecule has 2 rings (SSSR count). The van der Waals surface area contributed by atoms with Crippen LogP contribution in [-0.2, 0) is 0 Å². The van der Waals surface area contributed by atoms with E-state index in [2.05, 4.69) is 12.2 Å². The fourth-order valence-electron chi connectivity index (χ4n) is 6.19. The molecule has 0 heterocycles. The first-order valence-electron chi connectivity index (χ1n) is 12.3. The standard InChI is InChI=1S/C25H46O3/c26-18-10-4-1-7-13-24-22-14-15-23(21-22)25(24,16-8-2-5-11-19-27)17-9-3-6-12-20-28/h14-15,22-24,26-28H,1-13,16-21H2. The fourth-order valence-corrected chi connectivity index (χ4v) is 6.19. The first-order chi connectivity index (χ1) is 13.8. The van der Waals surface area contributed by atoms with E-state index in [1.807, 2.05) is 0 Å². The zero-order valence-corrected chi connectivity index (χ0v) is 18.2. The molecule has 0 spiro atoms. The summed E-state index contributed by atoms with van der Waals surface area (Å²) in [5.74, 6) is 2.45. The van der Waals surface area contributed by atoms with Crippen LogP contribution in [0.5, 0.6) is 0 Å². The van der Waals surface area contributed by atoms with Crippen LogP contribution in [0.1, 0.15) is 103 Å². The topological polar surface area (TPSA) is 60.7 Å². The summed E-state index contributed by atoms with van der Waals surface area (Å²) in [6.07, 6.45) is 24.7. The lowest BCUT2D eigenvalue weighted by atomic mass is 9.61. The predicted molar refractivity (Wildman–Crippen MR) is 117 cm³/mol. The van der Waals surface area contributed by atoms with Crippen molar-refractivity contribution in [2.45, 2.75) is 103 Å². The van der Waals surface area contributed by atoms with Gasteiger partial charge in [-0.05, 0) is 68.1 Å². The monoisotopic (exact) mass is 394 g/mol. The SMILES string of the molecule is OCCCCCCC1C2C=CC(C2)C1(CCCCCCO)CCCCCCO. The van der Waals surface area contributed by atoms with Crippen LogP contribution in [0.3, 0.4) is 0 Å². The molecule has 3 unspecified atom stereocenters. The van der Waals surface area contributed by atoms with E-state index < -0.39 is 0 Å². The molecule has 28 heavy (non-hydrogen) atoms. The van der Waals surface area contributed by atoms with Gasteiger partial charge in [-0.2, -0.15) is 0 Å². The molecule has 3 nitrogen and oxygen atoms in total. The van der Waals surface area contributed by atoms with E-state index in [0.717, 1.165) is 37.0 Å². The van der Waals surface area contributed by atoms with Crippen LogP contribution >= 0.6 is 0 Å². The second-order valence-electron chi connectivity index (χ2n) is 9.43. The number of unbranched alkanes of at least 4 members (excludes halogenated alkanes) is 9. The molecule has 0 amide bonds. The molecule has 0 aromatic carbocycles. The summed E-state index contributed by atoms with van der Waals surface area (Å²) in [6.45, 7) is 1.00. The van der Waals surface area contributed by atoms with E-state index in [1.165, 1.54) is 83.5 Å². The maximum atomic E-state index is 9.06. The Morgan fingerprint density at radius 2 is 1.11 bits per heavy atom. The normalized spacial score (nSPS) is 25.0. The van der Waals surface area contributed by atoms with Crippen molar-refractivity contribution in [1.82, 2.24) is 0 Å². The number of aliphatic hydroxyl groups is 3. The Kier molecular flexibility index (Phi) is 11.8. The number of fused-ring (bicyclic) bond motifs is 2. The number of allylic oxidation sites excluding steroid dienone is 2. The van der Waals surface area contributed by atoms with E-state index in [-0.39, 0.29) is 0 Å². The van der Waals surface area contributed by atoms with Gasteiger partial charge in [0.25, 0.3) is 0 Å². The quantitative estimate of drug-likeness (QED) is 0.209. The molecular weight excluding hydrogens is 348 g/mol. The molecule has 0 aromatic rings. The Labute approximate surface area is 173 Å². The number of aliphatic hydroxyl groups excluding tert-OH is 3. The summed E-state index contributed by atoms with van der Waals surface area (Å²) in [5, 5.41) is 27.1. The van der Waals surface area contributed by atoms with Crippen molar-refractivity contribution in [2.75, 3.05) is 19.8 Å². The van der Waals surface area contributed by atoms with Gasteiger partial charge in [0.2, 0.25) is 0 Å². The highest BCUT2D eigenvalue weighted by Crippen LogP contribution is 2.62. The number of hydrogen-bond donors (Lipinski definition) is 3. The van der Waals surface area contributed by atoms with Crippen LogP contribution in [0.25, 0.3) is 0 Å². The van der Waals surface area contributed by atoms with Crippen molar-refractivity contribution in [3.05, 3.63) is 12.2 Å². The molecule has 2 aliphatic rings. The van der Waals surface area contributed by atoms with E-state index in [0.29, 0.717) is 25.2 Å². The summed E-state index contributed by atoms with van der Waals surface area (Å²) >= 11 is 0. The third-order valence-electron chi connectivity index (χ3n) is 7.63. The van der Waals surface area contributed by atoms with Gasteiger partial charge in [-0.3, -0.25) is 0 Å². The average molecular weight is 395 g/mol. The molecule has 3 heteroatoms. The van der Waals surface area contributed by atoms with Gasteiger partial charge in [0, 0.05) is 19.8 Å². The van der Waals surface area contributed by atoms with Crippen LogP contribution in [-0.4, -0.2) is 35.1 Å². The molecule has 0 aliphatic heterocycles. The van der Waals surface area contributed by atoms with E-state index >= 15 is 0 Å². The highest BCUT2D eigenvalue weighted by Gasteiger charge is 2.53. The van der Waals surface area contributed by atoms with Crippen molar-refractivity contribution in [3.63, 3.8) is 0 Å². The van der Waals surface area contributed by atoms with Gasteiger partial charge in [-0.1, -0.05) is 69.9 Å². The van der Waals surface area contributed by atoms with Gasteiger partial charge in [0.1, 0.15) is 0 Å². The number of rotatable bonds is 18. The van der Waals surface area contributed by atoms with Crippen LogP contribution in [0.15, 0.2) is 12.2 Å². The molecule has 0 radical (unpaired) electrons. The molecule has 164 valence electrons. The Morgan fingerprint density at radius 1 is 0.607 bits per heavy atom. The predicted octanol–water partition coefficient (Wildman–Crippen LogP) is 5.62. The van der Waals surface area contributed by atoms with Gasteiger partial charge in [0.05, 0.1) is 0 Å². The Bertz CT molecular complexity index is 406. The maximum absolute atomic E-state index is 9.06. The molecule has 2 aliphatic carbocycles. The molecule has 3 N–H and O–H groups in total. The zero-order valence-electron chi connectivity index (χ0n) is 18.2. The second kappa shape index (κ2) is 13.8. The summed E-state index contributed by atoms with van der Waals surface area (Å²) < 4.78 is 0. The molecule has 2 bridgehead atoms. The van der Waals surface area contributed by atoms with Crippen molar-refractivity contribution >= 4 is 0 Å². The summed E-state index contributed by atoms with van der Waals surface area (Å²) in [5.41, 5.74) is 0.509. The molecule has 0 aromatic heterocycles. The van der Waals surface area contributed by atoms with Gasteiger partial charge < -0.3 is 15.3 Å². The average Bonchev–Trinajstić information content (AvgIpc) is 3.29. The smallest absolute Gasteiger partial charge is 0.0431 e. The highest BCUT2D eigenvalue weighted by molar-refractivity contribution is 5.19. The van der Waals surface area contributed by atoms with E-state index in [9.17, 15) is 0 Å². The largest absolute Gasteiger partial charge is 0.396 e. The van der Waals surface area contributed by atoms with Crippen LogP contribution < -0.4 is 0 Å². The lowest BCUT2D eigenvalue weighted by Gasteiger charge is -2.43. The minimum atomic E-state index is 0.333. The van der Waals surface area contributed by atoms with Crippen molar-refractivity contribution in [3.8, 4) is 0 Å². The van der Waals surface area contributed by atoms with Crippen LogP contribution in [0.2, 0.25) is 0 Å². The van der Waals surface area contributed by atoms with Gasteiger partial charge >= 0.3 is 0 Å². The first-order valence-corrected chi connectivity index (χ1v) is 12.3. The van der Waals surface area contributed by atoms with Crippen molar-refractivity contribution in [2.24, 2.45) is 23.2 Å². The highest BCUT2D eigenvalue weighted by atomic mass is 16.3. The Hall–Kier alpha value is -0.380. The van der Waals surface area contributed by atoms with Gasteiger partial charge in [-0.15, -0.1) is 0 Å². The Balaban J connectivity index is 1.93. The molecule has 0 saturated heterocycles. The first kappa shape index (κ1) is 23.9. The lowest BCUT2D eigenvalue weighted by Crippen LogP contribution is -2.35.